The Kier molecular flexibility index (Phi) is 11.8. The fourth-order valence-electron chi connectivity index (χ4n) is 6.28. The van der Waals surface area contributed by atoms with Crippen LogP contribution in [0, 0.1) is 13.8 Å². The Bertz CT molecular complexity index is 1770. The van der Waals surface area contributed by atoms with Gasteiger partial charge in [0.05, 0.1) is 11.0 Å². The third-order valence-corrected chi connectivity index (χ3v) is 8.94. The van der Waals surface area contributed by atoms with Crippen LogP contribution in [0.3, 0.4) is 0 Å². The molecule has 0 aliphatic rings. The Balaban J connectivity index is 1.48. The van der Waals surface area contributed by atoms with Crippen LogP contribution in [0.4, 0.5) is 4.79 Å². The van der Waals surface area contributed by atoms with E-state index in [1.165, 1.54) is 11.1 Å². The van der Waals surface area contributed by atoms with Gasteiger partial charge in [-0.3, -0.25) is 9.63 Å². The van der Waals surface area contributed by atoms with Crippen LogP contribution in [-0.4, -0.2) is 33.2 Å². The van der Waals surface area contributed by atoms with Gasteiger partial charge in [-0.2, -0.15) is 0 Å². The maximum absolute atomic E-state index is 14.2. The van der Waals surface area contributed by atoms with Gasteiger partial charge in [0.1, 0.15) is 17.5 Å². The van der Waals surface area contributed by atoms with Gasteiger partial charge in [0.2, 0.25) is 0 Å². The summed E-state index contributed by atoms with van der Waals surface area (Å²) in [6.45, 7) is 12.6. The number of carbonyl (C=O) groups is 2. The van der Waals surface area contributed by atoms with Crippen LogP contribution in [0.1, 0.15) is 87.0 Å². The molecule has 0 radical (unpaired) electrons. The van der Waals surface area contributed by atoms with E-state index in [0.29, 0.717) is 6.42 Å². The Labute approximate surface area is 296 Å². The van der Waals surface area contributed by atoms with Crippen molar-refractivity contribution in [2.75, 3.05) is 0 Å². The molecule has 50 heavy (non-hydrogen) atoms. The van der Waals surface area contributed by atoms with Crippen molar-refractivity contribution in [3.63, 3.8) is 0 Å². The van der Waals surface area contributed by atoms with Crippen LogP contribution in [0.25, 0.3) is 11.0 Å². The molecule has 2 amide bonds. The fourth-order valence-corrected chi connectivity index (χ4v) is 6.28. The fraction of sp³-hybridized carbons (Fsp3) is 0.357. The van der Waals surface area contributed by atoms with Gasteiger partial charge in [0.25, 0.3) is 5.91 Å². The summed E-state index contributed by atoms with van der Waals surface area (Å²) in [7, 11) is 0. The predicted molar refractivity (Wildman–Crippen MR) is 199 cm³/mol. The molecule has 8 heteroatoms. The van der Waals surface area contributed by atoms with E-state index in [4.69, 9.17) is 14.6 Å². The lowest BCUT2D eigenvalue weighted by Crippen LogP contribution is -2.50. The van der Waals surface area contributed by atoms with E-state index in [1.807, 2.05) is 91.0 Å². The second-order valence-electron chi connectivity index (χ2n) is 13.9. The van der Waals surface area contributed by atoms with Crippen molar-refractivity contribution in [1.29, 1.82) is 0 Å². The molecule has 0 spiro atoms. The van der Waals surface area contributed by atoms with Gasteiger partial charge in [-0.15, -0.1) is 0 Å². The van der Waals surface area contributed by atoms with Gasteiger partial charge in [-0.1, -0.05) is 111 Å². The predicted octanol–water partition coefficient (Wildman–Crippen LogP) is 8.71. The SMILES string of the molecule is CCCCCn1c(CC[C@H](NC(=O)OC(C)(C)C)C(=O)NOC(c2ccccc2)(c2ccccc2)c2ccccc2)nc2cc(C)c(C)cc21. The molecular formula is C42H50N4O4. The van der Waals surface area contributed by atoms with Crippen LogP contribution >= 0.6 is 0 Å². The molecule has 1 aromatic heterocycles. The number of ether oxygens (including phenoxy) is 1. The second-order valence-corrected chi connectivity index (χ2v) is 13.9. The van der Waals surface area contributed by atoms with Crippen LogP contribution in [0.5, 0.6) is 0 Å². The third kappa shape index (κ3) is 8.61. The van der Waals surface area contributed by atoms with Gasteiger partial charge in [0, 0.05) is 13.0 Å². The molecule has 0 saturated heterocycles. The molecule has 5 rings (SSSR count). The summed E-state index contributed by atoms with van der Waals surface area (Å²) in [5.41, 5.74) is 7.77. The van der Waals surface area contributed by atoms with E-state index in [0.717, 1.165) is 59.4 Å². The normalized spacial score (nSPS) is 12.4. The summed E-state index contributed by atoms with van der Waals surface area (Å²) in [5, 5.41) is 2.83. The molecule has 8 nitrogen and oxygen atoms in total. The molecule has 0 unspecified atom stereocenters. The van der Waals surface area contributed by atoms with Crippen LogP contribution in [0.15, 0.2) is 103 Å². The highest BCUT2D eigenvalue weighted by Gasteiger charge is 2.40. The molecule has 0 fully saturated rings. The molecule has 0 aliphatic heterocycles. The number of fused-ring (bicyclic) bond motifs is 1. The minimum absolute atomic E-state index is 0.276. The van der Waals surface area contributed by atoms with Crippen molar-refractivity contribution in [3.05, 3.63) is 137 Å². The monoisotopic (exact) mass is 674 g/mol. The smallest absolute Gasteiger partial charge is 0.408 e. The van der Waals surface area contributed by atoms with Crippen molar-refractivity contribution in [2.24, 2.45) is 0 Å². The first-order valence-electron chi connectivity index (χ1n) is 17.6. The van der Waals surface area contributed by atoms with E-state index < -0.39 is 29.2 Å². The van der Waals surface area contributed by atoms with Gasteiger partial charge in [-0.05, 0) is 87.4 Å². The molecule has 0 bridgehead atoms. The van der Waals surface area contributed by atoms with E-state index >= 15 is 0 Å². The van der Waals surface area contributed by atoms with Gasteiger partial charge >= 0.3 is 6.09 Å². The number of benzene rings is 4. The van der Waals surface area contributed by atoms with E-state index in [-0.39, 0.29) is 6.42 Å². The number of rotatable bonds is 14. The number of aromatic nitrogens is 2. The summed E-state index contributed by atoms with van der Waals surface area (Å²) in [4.78, 5) is 39.0. The third-order valence-electron chi connectivity index (χ3n) is 8.94. The lowest BCUT2D eigenvalue weighted by atomic mass is 9.80. The highest BCUT2D eigenvalue weighted by molar-refractivity contribution is 5.85. The Morgan fingerprint density at radius 3 is 1.86 bits per heavy atom. The van der Waals surface area contributed by atoms with Crippen LogP contribution in [0.2, 0.25) is 0 Å². The molecule has 5 aromatic rings. The number of nitrogens with one attached hydrogen (secondary N) is 2. The molecule has 0 aliphatic carbocycles. The summed E-state index contributed by atoms with van der Waals surface area (Å²) in [6.07, 6.45) is 3.29. The number of unbranched alkanes of at least 4 members (excludes halogenated alkanes) is 2. The lowest BCUT2D eigenvalue weighted by Gasteiger charge is -2.35. The summed E-state index contributed by atoms with van der Waals surface area (Å²) in [5.74, 6) is 0.376. The summed E-state index contributed by atoms with van der Waals surface area (Å²) in [6, 6.07) is 32.8. The summed E-state index contributed by atoms with van der Waals surface area (Å²) >= 11 is 0. The number of amides is 2. The molecular weight excluding hydrogens is 624 g/mol. The van der Waals surface area contributed by atoms with Crippen molar-refractivity contribution in [3.8, 4) is 0 Å². The molecule has 1 atom stereocenters. The van der Waals surface area contributed by atoms with E-state index in [9.17, 15) is 9.59 Å². The number of aryl methyl sites for hydroxylation is 4. The first kappa shape index (κ1) is 36.3. The van der Waals surface area contributed by atoms with Gasteiger partial charge in [0.15, 0.2) is 5.60 Å². The van der Waals surface area contributed by atoms with E-state index in [2.05, 4.69) is 48.3 Å². The number of carbonyl (C=O) groups excluding carboxylic acids is 2. The number of hydrogen-bond donors (Lipinski definition) is 2. The molecule has 0 saturated carbocycles. The van der Waals surface area contributed by atoms with Crippen molar-refractivity contribution >= 4 is 23.0 Å². The number of hydroxylamine groups is 1. The Morgan fingerprint density at radius 1 is 0.800 bits per heavy atom. The number of alkyl carbamates (subject to hydrolysis) is 1. The van der Waals surface area contributed by atoms with Crippen LogP contribution < -0.4 is 10.8 Å². The summed E-state index contributed by atoms with van der Waals surface area (Å²) < 4.78 is 7.86. The number of hydrogen-bond acceptors (Lipinski definition) is 5. The van der Waals surface area contributed by atoms with Crippen molar-refractivity contribution in [1.82, 2.24) is 20.3 Å². The highest BCUT2D eigenvalue weighted by atomic mass is 16.7. The zero-order valence-corrected chi connectivity index (χ0v) is 30.2. The lowest BCUT2D eigenvalue weighted by molar-refractivity contribution is -0.145. The standard InChI is InChI=1S/C42H50N4O4/c1-7-8-18-27-46-37-29-31(3)30(2)28-36(37)43-38(46)26-25-35(44-40(48)49-41(4,5)6)39(47)45-50-42(32-19-12-9-13-20-32,33-21-14-10-15-22-33)34-23-16-11-17-24-34/h9-17,19-24,28-29,35H,7-8,18,25-27H2,1-6H3,(H,44,48)(H,45,47)/t35-/m0/s1. The topological polar surface area (TPSA) is 94.5 Å². The Morgan fingerprint density at radius 2 is 1.34 bits per heavy atom. The first-order chi connectivity index (χ1) is 24.0. The quantitative estimate of drug-likeness (QED) is 0.0698. The molecule has 2 N–H and O–H groups in total. The largest absolute Gasteiger partial charge is 0.444 e. The van der Waals surface area contributed by atoms with Gasteiger partial charge in [-0.25, -0.2) is 15.3 Å². The maximum Gasteiger partial charge on any atom is 0.408 e. The van der Waals surface area contributed by atoms with Crippen molar-refractivity contribution < 1.29 is 19.2 Å². The first-order valence-corrected chi connectivity index (χ1v) is 17.6. The van der Waals surface area contributed by atoms with Gasteiger partial charge < -0.3 is 14.6 Å². The average Bonchev–Trinajstić information content (AvgIpc) is 3.43. The molecule has 4 aromatic carbocycles. The Hall–Kier alpha value is -4.95. The minimum atomic E-state index is -1.18. The molecule has 1 heterocycles. The van der Waals surface area contributed by atoms with E-state index in [1.54, 1.807) is 20.8 Å². The maximum atomic E-state index is 14.2. The minimum Gasteiger partial charge on any atom is -0.444 e. The second kappa shape index (κ2) is 16.2. The zero-order chi connectivity index (χ0) is 35.7. The number of nitrogens with zero attached hydrogens (tertiary/aromatic N) is 2. The average molecular weight is 675 g/mol. The van der Waals surface area contributed by atoms with Crippen LogP contribution in [-0.2, 0) is 32.9 Å². The van der Waals surface area contributed by atoms with Crippen molar-refractivity contribution in [2.45, 2.75) is 97.4 Å². The highest BCUT2D eigenvalue weighted by Crippen LogP contribution is 2.39. The zero-order valence-electron chi connectivity index (χ0n) is 30.2. The molecule has 262 valence electrons. The number of imidazole rings is 1.